The zero-order chi connectivity index (χ0) is 18.0. The fourth-order valence-corrected chi connectivity index (χ4v) is 3.82. The molecule has 0 bridgehead atoms. The first-order valence-electron chi connectivity index (χ1n) is 7.23. The maximum Gasteiger partial charge on any atom is 0.430 e. The first-order valence-corrected chi connectivity index (χ1v) is 8.38. The van der Waals surface area contributed by atoms with Crippen LogP contribution in [0.4, 0.5) is 26.3 Å². The van der Waals surface area contributed by atoms with Gasteiger partial charge in [-0.05, 0) is 25.0 Å². The van der Waals surface area contributed by atoms with E-state index in [1.165, 1.54) is 35.1 Å². The Morgan fingerprint density at radius 1 is 0.875 bits per heavy atom. The molecule has 1 unspecified atom stereocenters. The van der Waals surface area contributed by atoms with Gasteiger partial charge in [-0.1, -0.05) is 24.6 Å². The van der Waals surface area contributed by atoms with Crippen molar-refractivity contribution in [2.75, 3.05) is 13.1 Å². The van der Waals surface area contributed by atoms with Crippen LogP contribution in [-0.2, 0) is 11.0 Å². The van der Waals surface area contributed by atoms with E-state index < -0.39 is 29.0 Å². The van der Waals surface area contributed by atoms with E-state index in [9.17, 15) is 30.6 Å². The molecule has 0 radical (unpaired) electrons. The van der Waals surface area contributed by atoms with Gasteiger partial charge in [0.2, 0.25) is 0 Å². The highest BCUT2D eigenvalue weighted by Gasteiger charge is 2.74. The number of halogens is 6. The Kier molecular flexibility index (Phi) is 5.61. The maximum absolute atomic E-state index is 13.6. The van der Waals surface area contributed by atoms with Crippen LogP contribution in [0.25, 0.3) is 0 Å². The summed E-state index contributed by atoms with van der Waals surface area (Å²) in [5, 5.41) is 0. The zero-order valence-electron chi connectivity index (χ0n) is 12.5. The van der Waals surface area contributed by atoms with E-state index >= 15 is 0 Å². The number of likely N-dealkylation sites (tertiary alicyclic amines) is 1. The van der Waals surface area contributed by atoms with Gasteiger partial charge >= 0.3 is 12.4 Å². The Bertz CT molecular complexity index is 555. The van der Waals surface area contributed by atoms with Gasteiger partial charge in [0.05, 0.1) is 4.90 Å². The lowest BCUT2D eigenvalue weighted by Gasteiger charge is -2.46. The third-order valence-corrected chi connectivity index (χ3v) is 5.03. The number of rotatable bonds is 4. The molecular formula is C14H16F6N2OS. The van der Waals surface area contributed by atoms with Gasteiger partial charge in [-0.3, -0.25) is 4.90 Å². The summed E-state index contributed by atoms with van der Waals surface area (Å²) in [5.74, 6) is 0. The van der Waals surface area contributed by atoms with Crippen molar-refractivity contribution in [3.05, 3.63) is 30.3 Å². The zero-order valence-corrected chi connectivity index (χ0v) is 13.3. The molecule has 1 saturated heterocycles. The second-order valence-corrected chi connectivity index (χ2v) is 6.65. The normalized spacial score (nSPS) is 19.2. The minimum absolute atomic E-state index is 0.160. The van der Waals surface area contributed by atoms with Crippen LogP contribution in [-0.4, -0.2) is 40.2 Å². The highest BCUT2D eigenvalue weighted by molar-refractivity contribution is 7.83. The molecule has 1 N–H and O–H groups in total. The Labute approximate surface area is 137 Å². The highest BCUT2D eigenvalue weighted by Crippen LogP contribution is 2.46. The van der Waals surface area contributed by atoms with Crippen LogP contribution in [0.2, 0.25) is 0 Å². The van der Waals surface area contributed by atoms with Crippen molar-refractivity contribution < 1.29 is 30.6 Å². The summed E-state index contributed by atoms with van der Waals surface area (Å²) in [5.41, 5.74) is -4.35. The average Bonchev–Trinajstić information content (AvgIpc) is 2.51. The number of piperidine rings is 1. The molecule has 24 heavy (non-hydrogen) atoms. The number of nitrogens with zero attached hydrogens (tertiary/aromatic N) is 1. The van der Waals surface area contributed by atoms with E-state index in [4.69, 9.17) is 0 Å². The summed E-state index contributed by atoms with van der Waals surface area (Å²) >= 11 is 0. The number of hydrogen-bond donors (Lipinski definition) is 1. The molecule has 0 spiro atoms. The van der Waals surface area contributed by atoms with Gasteiger partial charge in [0.15, 0.2) is 0 Å². The van der Waals surface area contributed by atoms with E-state index in [1.54, 1.807) is 0 Å². The minimum atomic E-state index is -5.69. The number of benzene rings is 1. The van der Waals surface area contributed by atoms with Gasteiger partial charge in [-0.25, -0.2) is 4.21 Å². The number of nitrogens with one attached hydrogen (secondary N) is 1. The lowest BCUT2D eigenvalue weighted by Crippen LogP contribution is -2.75. The molecule has 1 heterocycles. The lowest BCUT2D eigenvalue weighted by molar-refractivity contribution is -0.347. The average molecular weight is 374 g/mol. The molecular weight excluding hydrogens is 358 g/mol. The quantitative estimate of drug-likeness (QED) is 0.817. The van der Waals surface area contributed by atoms with Crippen molar-refractivity contribution in [1.82, 2.24) is 9.62 Å². The second-order valence-electron chi connectivity index (χ2n) is 5.44. The number of alkyl halides is 6. The fourth-order valence-electron chi connectivity index (χ4n) is 2.67. The molecule has 0 aromatic heterocycles. The van der Waals surface area contributed by atoms with Gasteiger partial charge in [0, 0.05) is 13.1 Å². The van der Waals surface area contributed by atoms with Gasteiger partial charge < -0.3 is 0 Å². The van der Waals surface area contributed by atoms with E-state index in [2.05, 4.69) is 0 Å². The van der Waals surface area contributed by atoms with Crippen LogP contribution >= 0.6 is 0 Å². The van der Waals surface area contributed by atoms with Crippen LogP contribution in [0.1, 0.15) is 19.3 Å². The Balaban J connectivity index is 2.46. The van der Waals surface area contributed by atoms with Crippen molar-refractivity contribution in [3.8, 4) is 0 Å². The van der Waals surface area contributed by atoms with Crippen molar-refractivity contribution in [1.29, 1.82) is 0 Å². The molecule has 0 amide bonds. The molecule has 2 rings (SSSR count). The van der Waals surface area contributed by atoms with Gasteiger partial charge in [-0.2, -0.15) is 31.1 Å². The first-order chi connectivity index (χ1) is 11.1. The molecule has 1 aromatic rings. The summed E-state index contributed by atoms with van der Waals surface area (Å²) in [7, 11) is -2.68. The highest BCUT2D eigenvalue weighted by atomic mass is 32.2. The molecule has 136 valence electrons. The van der Waals surface area contributed by atoms with Crippen molar-refractivity contribution in [2.45, 2.75) is 42.2 Å². The number of hydrogen-bond acceptors (Lipinski definition) is 2. The summed E-state index contributed by atoms with van der Waals surface area (Å²) in [6.07, 6.45) is -10.4. The molecule has 3 nitrogen and oxygen atoms in total. The monoisotopic (exact) mass is 374 g/mol. The van der Waals surface area contributed by atoms with E-state index in [-0.39, 0.29) is 30.8 Å². The van der Waals surface area contributed by atoms with Crippen LogP contribution in [0.5, 0.6) is 0 Å². The van der Waals surface area contributed by atoms with E-state index in [0.717, 1.165) is 0 Å². The molecule has 0 saturated carbocycles. The summed E-state index contributed by atoms with van der Waals surface area (Å²) in [4.78, 5) is 0.143. The summed E-state index contributed by atoms with van der Waals surface area (Å²) < 4.78 is 95.0. The maximum atomic E-state index is 13.6. The molecule has 1 fully saturated rings. The third-order valence-electron chi connectivity index (χ3n) is 3.85. The van der Waals surface area contributed by atoms with Gasteiger partial charge in [-0.15, -0.1) is 0 Å². The van der Waals surface area contributed by atoms with Crippen LogP contribution in [0.15, 0.2) is 35.2 Å². The Morgan fingerprint density at radius 3 is 1.83 bits per heavy atom. The van der Waals surface area contributed by atoms with E-state index in [0.29, 0.717) is 11.3 Å². The van der Waals surface area contributed by atoms with Crippen LogP contribution in [0, 0.1) is 0 Å². The molecule has 1 aliphatic heterocycles. The Hall–Kier alpha value is -1.13. The largest absolute Gasteiger partial charge is 0.430 e. The molecule has 1 aliphatic rings. The van der Waals surface area contributed by atoms with Crippen molar-refractivity contribution in [2.24, 2.45) is 0 Å². The van der Waals surface area contributed by atoms with Gasteiger partial charge in [0.1, 0.15) is 11.0 Å². The minimum Gasteiger partial charge on any atom is -0.269 e. The predicted octanol–water partition coefficient (Wildman–Crippen LogP) is 3.61. The first kappa shape index (κ1) is 19.2. The molecule has 0 aliphatic carbocycles. The lowest BCUT2D eigenvalue weighted by atomic mass is 10.0. The molecule has 10 heteroatoms. The topological polar surface area (TPSA) is 32.3 Å². The van der Waals surface area contributed by atoms with Gasteiger partial charge in [0.25, 0.3) is 5.66 Å². The SMILES string of the molecule is O=S(NC(N1CCCCC1)(C(F)(F)F)C(F)(F)F)c1ccccc1. The molecule has 1 aromatic carbocycles. The smallest absolute Gasteiger partial charge is 0.269 e. The van der Waals surface area contributed by atoms with Crippen molar-refractivity contribution in [3.63, 3.8) is 0 Å². The standard InChI is InChI=1S/C14H16F6N2OS/c15-13(16,17)12(14(18,19)20,22-9-5-2-6-10-22)21-24(23)11-7-3-1-4-8-11/h1,3-4,7-8,21H,2,5-6,9-10H2. The molecule has 1 atom stereocenters. The van der Waals surface area contributed by atoms with Crippen LogP contribution in [0.3, 0.4) is 0 Å². The second kappa shape index (κ2) is 7.01. The summed E-state index contributed by atoms with van der Waals surface area (Å²) in [6.45, 7) is -0.754. The van der Waals surface area contributed by atoms with Crippen LogP contribution < -0.4 is 4.72 Å². The summed E-state index contributed by atoms with van der Waals surface area (Å²) in [6, 6.07) is 6.71. The predicted molar refractivity (Wildman–Crippen MR) is 76.3 cm³/mol. The van der Waals surface area contributed by atoms with E-state index in [1.807, 2.05) is 0 Å². The van der Waals surface area contributed by atoms with Crippen molar-refractivity contribution >= 4 is 11.0 Å². The Morgan fingerprint density at radius 2 is 1.38 bits per heavy atom. The third kappa shape index (κ3) is 3.60. The fraction of sp³-hybridized carbons (Fsp3) is 0.571.